The summed E-state index contributed by atoms with van der Waals surface area (Å²) in [6, 6.07) is 78.2. The fourth-order valence-corrected chi connectivity index (χ4v) is 17.3. The maximum Gasteiger partial charge on any atom is 0.254 e. The zero-order valence-electron chi connectivity index (χ0n) is 54.9. The smallest absolute Gasteiger partial charge is 0.254 e. The van der Waals surface area contributed by atoms with Gasteiger partial charge in [-0.2, -0.15) is 0 Å². The Bertz CT molecular complexity index is 4580. The Labute approximate surface area is 543 Å². The van der Waals surface area contributed by atoms with E-state index in [1.54, 1.807) is 0 Å². The lowest BCUT2D eigenvalue weighted by Gasteiger charge is -2.47. The number of nitrogens with zero attached hydrogens (tertiary/aromatic N) is 6. The van der Waals surface area contributed by atoms with Gasteiger partial charge in [-0.15, -0.1) is 0 Å². The van der Waals surface area contributed by atoms with Gasteiger partial charge in [0.25, 0.3) is 13.4 Å². The van der Waals surface area contributed by atoms with E-state index < -0.39 is 5.54 Å². The molecule has 4 aliphatic heterocycles. The van der Waals surface area contributed by atoms with Crippen molar-refractivity contribution in [1.82, 2.24) is 9.97 Å². The molecule has 450 valence electrons. The van der Waals surface area contributed by atoms with Crippen LogP contribution < -0.4 is 58.1 Å². The minimum atomic E-state index is -0.492. The van der Waals surface area contributed by atoms with Crippen LogP contribution in [0.3, 0.4) is 0 Å². The molecule has 2 aliphatic carbocycles. The predicted molar refractivity (Wildman–Crippen MR) is 389 cm³/mol. The average Bonchev–Trinajstić information content (AvgIpc) is 0.686. The van der Waals surface area contributed by atoms with E-state index in [9.17, 15) is 0 Å². The van der Waals surface area contributed by atoms with Gasteiger partial charge < -0.3 is 15.5 Å². The van der Waals surface area contributed by atoms with Crippen LogP contribution in [0.1, 0.15) is 119 Å². The second kappa shape index (κ2) is 20.0. The van der Waals surface area contributed by atoms with E-state index in [1.807, 2.05) is 0 Å². The number of anilines is 12. The highest BCUT2D eigenvalue weighted by molar-refractivity contribution is 7.03. The van der Waals surface area contributed by atoms with Gasteiger partial charge in [0.05, 0.1) is 11.4 Å². The number of aryl methyl sites for hydroxylation is 4. The van der Waals surface area contributed by atoms with Gasteiger partial charge in [-0.25, -0.2) is 9.97 Å². The highest BCUT2D eigenvalue weighted by Crippen LogP contribution is 2.53. The summed E-state index contributed by atoms with van der Waals surface area (Å²) in [4.78, 5) is 22.3. The molecule has 2 aromatic heterocycles. The van der Waals surface area contributed by atoms with Crippen molar-refractivity contribution in [2.75, 3.05) is 19.6 Å². The molecule has 0 spiro atoms. The Kier molecular flexibility index (Phi) is 12.3. The number of benzene rings is 9. The normalized spacial score (nSPS) is 18.0. The molecule has 0 radical (unpaired) electrons. The average molecular weight is 1190 g/mol. The Balaban J connectivity index is 0.982. The summed E-state index contributed by atoms with van der Waals surface area (Å²) in [5.41, 5.74) is 39.8. The van der Waals surface area contributed by atoms with E-state index in [4.69, 9.17) is 15.7 Å². The monoisotopic (exact) mass is 1190 g/mol. The number of hydrogen-bond donors (Lipinski definition) is 1. The van der Waals surface area contributed by atoms with Gasteiger partial charge in [-0.05, 0) is 233 Å². The Morgan fingerprint density at radius 1 is 0.326 bits per heavy atom. The summed E-state index contributed by atoms with van der Waals surface area (Å²) < 4.78 is 0. The highest BCUT2D eigenvalue weighted by Gasteiger charge is 2.51. The summed E-state index contributed by atoms with van der Waals surface area (Å²) in [7, 11) is 0. The minimum Gasteiger partial charge on any atom is -0.322 e. The Morgan fingerprint density at radius 2 is 0.717 bits per heavy atom. The third-order valence-electron chi connectivity index (χ3n) is 22.2. The molecule has 0 amide bonds. The van der Waals surface area contributed by atoms with E-state index in [1.165, 1.54) is 88.7 Å². The van der Waals surface area contributed by atoms with Gasteiger partial charge in [0.1, 0.15) is 11.6 Å². The van der Waals surface area contributed by atoms with Crippen LogP contribution in [0.15, 0.2) is 206 Å². The van der Waals surface area contributed by atoms with Crippen LogP contribution in [0.4, 0.5) is 68.5 Å². The molecule has 6 aliphatic rings. The minimum absolute atomic E-state index is 0.00293. The molecule has 17 rings (SSSR count). The standard InChI is InChI=1S/C83H77B2N7/c1-50-24-22-25-51(2)74(50)66-47-72-76-78(87-66)91(54-28-14-12-15-29-54)70-49-71-65(46-64(70)84(76)62-32-18-20-34-68(62)89(72)56-36-38-58-60(44-56)82(9,10)41-40-80(58,5)6)85-63-33-19-21-35-69(63)90(57-37-39-59-61(45-57)83(11,86)43-42-81(59,7)8)73-48-67(75-52(3)26-23-27-53(75)4)88-79(77(73)85)92(71)55-30-16-13-17-31-55/h12-39,44-49H,40-43,86H2,1-11H3. The van der Waals surface area contributed by atoms with Crippen LogP contribution in [0.25, 0.3) is 22.5 Å². The van der Waals surface area contributed by atoms with Gasteiger partial charge in [-0.3, -0.25) is 9.80 Å². The van der Waals surface area contributed by atoms with Crippen molar-refractivity contribution in [2.24, 2.45) is 5.73 Å². The van der Waals surface area contributed by atoms with Crippen LogP contribution >= 0.6 is 0 Å². The zero-order chi connectivity index (χ0) is 63.1. The lowest BCUT2D eigenvalue weighted by atomic mass is 9.30. The quantitative estimate of drug-likeness (QED) is 0.166. The molecule has 2 N–H and O–H groups in total. The molecule has 0 saturated carbocycles. The van der Waals surface area contributed by atoms with Gasteiger partial charge >= 0.3 is 0 Å². The second-order valence-electron chi connectivity index (χ2n) is 29.6. The first-order chi connectivity index (χ1) is 44.3. The van der Waals surface area contributed by atoms with Crippen LogP contribution in [-0.2, 0) is 21.8 Å². The van der Waals surface area contributed by atoms with Gasteiger partial charge in [-0.1, -0.05) is 169 Å². The van der Waals surface area contributed by atoms with Crippen molar-refractivity contribution >= 4 is 115 Å². The molecule has 7 nitrogen and oxygen atoms in total. The maximum atomic E-state index is 7.42. The van der Waals surface area contributed by atoms with Crippen molar-refractivity contribution in [3.05, 3.63) is 251 Å². The first-order valence-corrected chi connectivity index (χ1v) is 33.3. The number of nitrogens with two attached hydrogens (primary N) is 1. The number of fused-ring (bicyclic) bond motifs is 10. The molecule has 6 heterocycles. The largest absolute Gasteiger partial charge is 0.322 e. The summed E-state index contributed by atoms with van der Waals surface area (Å²) in [5.74, 6) is 1.85. The SMILES string of the molecule is Cc1cccc(C)c1-c1cc2c3c(n1)N(c1ccccc1)c1cc4c(cc1B3c1ccccc1N2c1ccc2c(c1)C(C)(C)CCC2(C)C)B1c2ccccc2N(c2ccc3c(c2)C(C)(N)CCC3(C)C)c2cc(-c3c(C)cccc3C)nc(c21)N4c1ccccc1. The number of rotatable bonds is 6. The van der Waals surface area contributed by atoms with Crippen molar-refractivity contribution in [1.29, 1.82) is 0 Å². The molecule has 0 fully saturated rings. The summed E-state index contributed by atoms with van der Waals surface area (Å²) in [6.07, 6.45) is 4.23. The highest BCUT2D eigenvalue weighted by atomic mass is 15.3. The maximum absolute atomic E-state index is 7.42. The molecule has 9 heteroatoms. The molecule has 0 saturated heterocycles. The molecule has 0 bridgehead atoms. The van der Waals surface area contributed by atoms with Crippen molar-refractivity contribution < 1.29 is 0 Å². The number of hydrogen-bond acceptors (Lipinski definition) is 7. The van der Waals surface area contributed by atoms with Gasteiger partial charge in [0.15, 0.2) is 0 Å². The first kappa shape index (κ1) is 56.5. The van der Waals surface area contributed by atoms with E-state index in [-0.39, 0.29) is 29.7 Å². The van der Waals surface area contributed by atoms with Crippen LogP contribution in [0, 0.1) is 27.7 Å². The van der Waals surface area contributed by atoms with E-state index in [2.05, 4.69) is 302 Å². The van der Waals surface area contributed by atoms with Crippen LogP contribution in [0.2, 0.25) is 0 Å². The molecule has 1 atom stereocenters. The second-order valence-corrected chi connectivity index (χ2v) is 29.6. The van der Waals surface area contributed by atoms with Crippen molar-refractivity contribution in [3.63, 3.8) is 0 Å². The molecule has 9 aromatic carbocycles. The number of para-hydroxylation sites is 4. The Morgan fingerprint density at radius 3 is 1.17 bits per heavy atom. The third-order valence-corrected chi connectivity index (χ3v) is 22.2. The lowest BCUT2D eigenvalue weighted by molar-refractivity contribution is 0.319. The first-order valence-electron chi connectivity index (χ1n) is 33.3. The summed E-state index contributed by atoms with van der Waals surface area (Å²) in [5, 5.41) is 0. The van der Waals surface area contributed by atoms with Gasteiger partial charge in [0, 0.05) is 73.5 Å². The number of pyridine rings is 2. The molecule has 11 aromatic rings. The molecule has 92 heavy (non-hydrogen) atoms. The van der Waals surface area contributed by atoms with E-state index in [0.29, 0.717) is 0 Å². The Hall–Kier alpha value is -9.43. The number of aromatic nitrogens is 2. The van der Waals surface area contributed by atoms with Crippen molar-refractivity contribution in [2.45, 2.75) is 124 Å². The zero-order valence-corrected chi connectivity index (χ0v) is 54.9. The van der Waals surface area contributed by atoms with E-state index in [0.717, 1.165) is 105 Å². The summed E-state index contributed by atoms with van der Waals surface area (Å²) >= 11 is 0. The lowest BCUT2D eigenvalue weighted by Crippen LogP contribution is -2.65. The predicted octanol–water partition coefficient (Wildman–Crippen LogP) is 16.8. The van der Waals surface area contributed by atoms with E-state index >= 15 is 0 Å². The van der Waals surface area contributed by atoms with Gasteiger partial charge in [0.2, 0.25) is 0 Å². The van der Waals surface area contributed by atoms with Crippen molar-refractivity contribution in [3.8, 4) is 22.5 Å². The van der Waals surface area contributed by atoms with Crippen LogP contribution in [0.5, 0.6) is 0 Å². The van der Waals surface area contributed by atoms with Crippen LogP contribution in [-0.4, -0.2) is 23.4 Å². The fraction of sp³-hybridized carbons (Fsp3) is 0.229. The fourth-order valence-electron chi connectivity index (χ4n) is 17.3. The topological polar surface area (TPSA) is 64.8 Å². The summed E-state index contributed by atoms with van der Waals surface area (Å²) in [6.45, 7) is 25.3. The molecule has 1 unspecified atom stereocenters. The molecular formula is C83H77B2N7. The third kappa shape index (κ3) is 8.26. The molecular weight excluding hydrogens is 1120 g/mol.